The van der Waals surface area contributed by atoms with Crippen LogP contribution in [0.3, 0.4) is 0 Å². The maximum absolute atomic E-state index is 12.5. The summed E-state index contributed by atoms with van der Waals surface area (Å²) in [6.45, 7) is 0.390. The zero-order chi connectivity index (χ0) is 21.8. The third-order valence-electron chi connectivity index (χ3n) is 6.11. The minimum Gasteiger partial charge on any atom is -0.356 e. The lowest BCUT2D eigenvalue weighted by atomic mass is 9.86. The Hall–Kier alpha value is -2.16. The van der Waals surface area contributed by atoms with Gasteiger partial charge in [0, 0.05) is 30.9 Å². The molecule has 0 unspecified atom stereocenters. The summed E-state index contributed by atoms with van der Waals surface area (Å²) in [5, 5.41) is 1.68. The van der Waals surface area contributed by atoms with Crippen molar-refractivity contribution in [1.29, 1.82) is 0 Å². The lowest BCUT2D eigenvalue weighted by Gasteiger charge is -2.35. The molecule has 1 aromatic carbocycles. The number of rotatable bonds is 8. The summed E-state index contributed by atoms with van der Waals surface area (Å²) in [5.74, 6) is 1.30. The predicted octanol–water partition coefficient (Wildman–Crippen LogP) is 3.77. The number of benzene rings is 1. The standard InChI is InChI=1S/C22H28ClN5O2S/c1-28(22-20-10-11-24-21(20)25-15-26-22)19-7-5-17(6-8-19)14-31(29,30)27-12-9-16-3-2-4-18(23)13-16/h2-4,10-11,13,15,17,19,27H,5-9,12,14H2,1H3,(H,24,25,26)/t17-,19-. The van der Waals surface area contributed by atoms with Crippen LogP contribution in [-0.2, 0) is 16.4 Å². The fourth-order valence-corrected chi connectivity index (χ4v) is 6.12. The topological polar surface area (TPSA) is 91.0 Å². The van der Waals surface area contributed by atoms with Crippen LogP contribution in [0.4, 0.5) is 5.82 Å². The van der Waals surface area contributed by atoms with Gasteiger partial charge in [-0.2, -0.15) is 0 Å². The Kier molecular flexibility index (Phi) is 6.79. The molecule has 4 rings (SSSR count). The predicted molar refractivity (Wildman–Crippen MR) is 125 cm³/mol. The van der Waals surface area contributed by atoms with Crippen molar-refractivity contribution in [2.24, 2.45) is 5.92 Å². The van der Waals surface area contributed by atoms with E-state index in [4.69, 9.17) is 11.6 Å². The lowest BCUT2D eigenvalue weighted by molar-refractivity contribution is 0.340. The van der Waals surface area contributed by atoms with E-state index in [2.05, 4.69) is 31.6 Å². The maximum atomic E-state index is 12.5. The summed E-state index contributed by atoms with van der Waals surface area (Å²) in [5.41, 5.74) is 1.86. The van der Waals surface area contributed by atoms with Gasteiger partial charge < -0.3 is 9.88 Å². The average molecular weight is 462 g/mol. The van der Waals surface area contributed by atoms with Crippen molar-refractivity contribution in [3.8, 4) is 0 Å². The Balaban J connectivity index is 1.27. The van der Waals surface area contributed by atoms with Crippen molar-refractivity contribution in [2.45, 2.75) is 38.1 Å². The maximum Gasteiger partial charge on any atom is 0.211 e. The molecule has 1 saturated carbocycles. The summed E-state index contributed by atoms with van der Waals surface area (Å²) < 4.78 is 27.8. The first-order valence-electron chi connectivity index (χ1n) is 10.6. The summed E-state index contributed by atoms with van der Waals surface area (Å²) in [6.07, 6.45) is 7.78. The van der Waals surface area contributed by atoms with Gasteiger partial charge in [-0.25, -0.2) is 23.1 Å². The highest BCUT2D eigenvalue weighted by Gasteiger charge is 2.28. The van der Waals surface area contributed by atoms with Crippen molar-refractivity contribution < 1.29 is 8.42 Å². The molecule has 3 aromatic rings. The monoisotopic (exact) mass is 461 g/mol. The lowest BCUT2D eigenvalue weighted by Crippen LogP contribution is -2.38. The van der Waals surface area contributed by atoms with Crippen LogP contribution in [0.2, 0.25) is 5.02 Å². The second kappa shape index (κ2) is 9.54. The average Bonchev–Trinajstić information content (AvgIpc) is 3.22. The molecule has 0 saturated heterocycles. The molecule has 7 nitrogen and oxygen atoms in total. The minimum absolute atomic E-state index is 0.186. The van der Waals surface area contributed by atoms with Crippen molar-refractivity contribution in [3.63, 3.8) is 0 Å². The Labute approximate surface area is 188 Å². The molecule has 9 heteroatoms. The molecular weight excluding hydrogens is 434 g/mol. The molecule has 0 bridgehead atoms. The minimum atomic E-state index is -3.29. The molecule has 2 N–H and O–H groups in total. The molecule has 0 atom stereocenters. The van der Waals surface area contributed by atoms with Gasteiger partial charge in [0.25, 0.3) is 0 Å². The third kappa shape index (κ3) is 5.56. The van der Waals surface area contributed by atoms with E-state index in [1.54, 1.807) is 6.33 Å². The molecule has 1 aliphatic carbocycles. The van der Waals surface area contributed by atoms with E-state index in [0.717, 1.165) is 48.1 Å². The second-order valence-corrected chi connectivity index (χ2v) is 10.6. The zero-order valence-electron chi connectivity index (χ0n) is 17.6. The second-order valence-electron chi connectivity index (χ2n) is 8.28. The van der Waals surface area contributed by atoms with Gasteiger partial charge in [-0.05, 0) is 61.8 Å². The molecule has 2 heterocycles. The van der Waals surface area contributed by atoms with E-state index >= 15 is 0 Å². The number of halogens is 1. The number of nitrogens with zero attached hydrogens (tertiary/aromatic N) is 3. The highest BCUT2D eigenvalue weighted by Crippen LogP contribution is 2.31. The van der Waals surface area contributed by atoms with Crippen molar-refractivity contribution in [1.82, 2.24) is 19.7 Å². The highest BCUT2D eigenvalue weighted by atomic mass is 35.5. The van der Waals surface area contributed by atoms with Crippen LogP contribution in [0.1, 0.15) is 31.2 Å². The third-order valence-corrected chi connectivity index (χ3v) is 7.90. The number of nitrogens with one attached hydrogen (secondary N) is 2. The Bertz CT molecular complexity index is 1130. The molecule has 1 fully saturated rings. The number of H-pyrrole nitrogens is 1. The van der Waals surface area contributed by atoms with Crippen LogP contribution in [0.5, 0.6) is 0 Å². The van der Waals surface area contributed by atoms with Crippen LogP contribution in [0, 0.1) is 5.92 Å². The first-order chi connectivity index (χ1) is 14.9. The number of sulfonamides is 1. The van der Waals surface area contributed by atoms with Crippen molar-refractivity contribution >= 4 is 38.5 Å². The summed E-state index contributed by atoms with van der Waals surface area (Å²) in [7, 11) is -1.23. The number of aromatic nitrogens is 3. The van der Waals surface area contributed by atoms with Crippen LogP contribution < -0.4 is 9.62 Å². The van der Waals surface area contributed by atoms with Gasteiger partial charge in [-0.1, -0.05) is 23.7 Å². The summed E-state index contributed by atoms with van der Waals surface area (Å²) >= 11 is 5.99. The molecule has 1 aliphatic rings. The van der Waals surface area contributed by atoms with E-state index < -0.39 is 10.0 Å². The van der Waals surface area contributed by atoms with Gasteiger partial charge in [0.1, 0.15) is 17.8 Å². The quantitative estimate of drug-likeness (QED) is 0.532. The van der Waals surface area contributed by atoms with Gasteiger partial charge in [0.15, 0.2) is 0 Å². The molecule has 0 aliphatic heterocycles. The molecular formula is C22H28ClN5O2S. The van der Waals surface area contributed by atoms with E-state index in [-0.39, 0.29) is 11.7 Å². The molecule has 166 valence electrons. The van der Waals surface area contributed by atoms with E-state index in [1.165, 1.54) is 0 Å². The van der Waals surface area contributed by atoms with Crippen LogP contribution in [0.15, 0.2) is 42.9 Å². The first-order valence-corrected chi connectivity index (χ1v) is 12.7. The SMILES string of the molecule is CN(c1ncnc2[nH]ccc12)[C@H]1CC[C@H](CS(=O)(=O)NCCc2cccc(Cl)c2)CC1. The van der Waals surface area contributed by atoms with Gasteiger partial charge in [0.2, 0.25) is 10.0 Å². The fraction of sp³-hybridized carbons (Fsp3) is 0.455. The van der Waals surface area contributed by atoms with Crippen LogP contribution >= 0.6 is 11.6 Å². The fourth-order valence-electron chi connectivity index (χ4n) is 4.42. The van der Waals surface area contributed by atoms with Crippen molar-refractivity contribution in [2.75, 3.05) is 24.2 Å². The van der Waals surface area contributed by atoms with Gasteiger partial charge >= 0.3 is 0 Å². The summed E-state index contributed by atoms with van der Waals surface area (Å²) in [6, 6.07) is 9.86. The number of hydrogen-bond acceptors (Lipinski definition) is 5. The number of fused-ring (bicyclic) bond motifs is 1. The normalized spacial score (nSPS) is 19.5. The largest absolute Gasteiger partial charge is 0.356 e. The molecule has 31 heavy (non-hydrogen) atoms. The highest BCUT2D eigenvalue weighted by molar-refractivity contribution is 7.89. The molecule has 0 radical (unpaired) electrons. The van der Waals surface area contributed by atoms with E-state index in [1.807, 2.05) is 36.5 Å². The Morgan fingerprint density at radius 3 is 2.77 bits per heavy atom. The number of anilines is 1. The van der Waals surface area contributed by atoms with Crippen LogP contribution in [0.25, 0.3) is 11.0 Å². The van der Waals surface area contributed by atoms with Gasteiger partial charge in [0.05, 0.1) is 11.1 Å². The van der Waals surface area contributed by atoms with E-state index in [0.29, 0.717) is 24.0 Å². The van der Waals surface area contributed by atoms with Gasteiger partial charge in [-0.15, -0.1) is 0 Å². The van der Waals surface area contributed by atoms with E-state index in [9.17, 15) is 8.42 Å². The molecule has 0 spiro atoms. The number of aromatic amines is 1. The summed E-state index contributed by atoms with van der Waals surface area (Å²) in [4.78, 5) is 14.1. The van der Waals surface area contributed by atoms with Crippen LogP contribution in [-0.4, -0.2) is 48.8 Å². The molecule has 0 amide bonds. The smallest absolute Gasteiger partial charge is 0.211 e. The Morgan fingerprint density at radius 2 is 2.00 bits per heavy atom. The van der Waals surface area contributed by atoms with Gasteiger partial charge in [-0.3, -0.25) is 0 Å². The van der Waals surface area contributed by atoms with Crippen molar-refractivity contribution in [3.05, 3.63) is 53.4 Å². The first kappa shape index (κ1) is 22.0. The molecule has 2 aromatic heterocycles. The Morgan fingerprint density at radius 1 is 1.19 bits per heavy atom. The zero-order valence-corrected chi connectivity index (χ0v) is 19.2. The number of hydrogen-bond donors (Lipinski definition) is 2.